The number of aromatic nitrogens is 2. The molecule has 0 bridgehead atoms. The molecule has 0 saturated heterocycles. The second-order valence-corrected chi connectivity index (χ2v) is 7.62. The zero-order valence-electron chi connectivity index (χ0n) is 18.5. The molecule has 11 heteroatoms. The monoisotopic (exact) mass is 488 g/mol. The predicted octanol–water partition coefficient (Wildman–Crippen LogP) is 3.14. The first-order valence-corrected chi connectivity index (χ1v) is 10.7. The van der Waals surface area contributed by atoms with Crippen molar-refractivity contribution in [2.75, 3.05) is 13.1 Å². The first-order valence-electron chi connectivity index (χ1n) is 10.7. The molecule has 1 aliphatic heterocycles. The number of nitrogens with zero attached hydrogens (tertiary/aromatic N) is 3. The number of aliphatic carboxylic acids is 1. The Morgan fingerprint density at radius 3 is 2.31 bits per heavy atom. The van der Waals surface area contributed by atoms with Crippen LogP contribution in [0.3, 0.4) is 0 Å². The Morgan fingerprint density at radius 2 is 1.69 bits per heavy atom. The molecule has 4 rings (SSSR count). The molecule has 0 spiro atoms. The van der Waals surface area contributed by atoms with Crippen LogP contribution in [0.5, 0.6) is 0 Å². The second-order valence-electron chi connectivity index (χ2n) is 7.62. The molecule has 2 aromatic heterocycles. The number of carboxylic acid groups (broad SMARTS) is 1. The highest BCUT2D eigenvalue weighted by molar-refractivity contribution is 5.94. The van der Waals surface area contributed by atoms with Gasteiger partial charge in [0.1, 0.15) is 5.69 Å². The first-order chi connectivity index (χ1) is 16.7. The lowest BCUT2D eigenvalue weighted by atomic mass is 10.2. The molecule has 2 N–H and O–H groups in total. The highest BCUT2D eigenvalue weighted by Gasteiger charge is 2.38. The summed E-state index contributed by atoms with van der Waals surface area (Å²) in [6, 6.07) is 17.0. The number of amides is 2. The Balaban J connectivity index is 0.000000429. The summed E-state index contributed by atoms with van der Waals surface area (Å²) in [5, 5.41) is 10.1. The molecule has 1 aromatic carbocycles. The van der Waals surface area contributed by atoms with E-state index in [1.807, 2.05) is 64.1 Å². The van der Waals surface area contributed by atoms with Gasteiger partial charge in [0.25, 0.3) is 11.8 Å². The van der Waals surface area contributed by atoms with Crippen LogP contribution in [0, 0.1) is 0 Å². The van der Waals surface area contributed by atoms with E-state index in [-0.39, 0.29) is 11.8 Å². The topological polar surface area (TPSA) is 105 Å². The normalized spacial score (nSPS) is 13.1. The van der Waals surface area contributed by atoms with Gasteiger partial charge in [-0.25, -0.2) is 4.79 Å². The van der Waals surface area contributed by atoms with Crippen molar-refractivity contribution in [1.29, 1.82) is 0 Å². The van der Waals surface area contributed by atoms with E-state index >= 15 is 0 Å². The number of carbonyl (C=O) groups is 3. The molecule has 0 fully saturated rings. The van der Waals surface area contributed by atoms with E-state index < -0.39 is 12.1 Å². The van der Waals surface area contributed by atoms with Crippen molar-refractivity contribution >= 4 is 17.8 Å². The molecular weight excluding hydrogens is 465 g/mol. The average molecular weight is 488 g/mol. The molecular formula is C24H23F3N4O4. The van der Waals surface area contributed by atoms with E-state index in [1.165, 1.54) is 0 Å². The van der Waals surface area contributed by atoms with E-state index in [2.05, 4.69) is 10.3 Å². The van der Waals surface area contributed by atoms with Crippen molar-refractivity contribution in [3.8, 4) is 0 Å². The number of carbonyl (C=O) groups excluding carboxylic acids is 2. The fraction of sp³-hybridized carbons (Fsp3) is 0.250. The molecule has 0 radical (unpaired) electrons. The van der Waals surface area contributed by atoms with Gasteiger partial charge in [-0.15, -0.1) is 0 Å². The number of alkyl halides is 3. The van der Waals surface area contributed by atoms with Gasteiger partial charge < -0.3 is 19.9 Å². The lowest BCUT2D eigenvalue weighted by Crippen LogP contribution is -2.34. The number of hydrogen-bond acceptors (Lipinski definition) is 4. The van der Waals surface area contributed by atoms with Crippen molar-refractivity contribution < 1.29 is 32.7 Å². The Bertz CT molecular complexity index is 1160. The first kappa shape index (κ1) is 25.5. The van der Waals surface area contributed by atoms with E-state index in [9.17, 15) is 22.8 Å². The molecule has 0 aliphatic carbocycles. The van der Waals surface area contributed by atoms with Gasteiger partial charge in [-0.3, -0.25) is 14.6 Å². The summed E-state index contributed by atoms with van der Waals surface area (Å²) in [5.41, 5.74) is 3.37. The molecule has 3 heterocycles. The number of rotatable bonds is 4. The quantitative estimate of drug-likeness (QED) is 0.587. The Labute approximate surface area is 199 Å². The van der Waals surface area contributed by atoms with Gasteiger partial charge in [-0.1, -0.05) is 24.3 Å². The minimum atomic E-state index is -5.08. The highest BCUT2D eigenvalue weighted by atomic mass is 19.4. The molecule has 35 heavy (non-hydrogen) atoms. The summed E-state index contributed by atoms with van der Waals surface area (Å²) in [6.07, 6.45) is -0.902. The largest absolute Gasteiger partial charge is 0.490 e. The molecule has 0 atom stereocenters. The van der Waals surface area contributed by atoms with Crippen LogP contribution in [0.1, 0.15) is 32.1 Å². The van der Waals surface area contributed by atoms with Crippen LogP contribution >= 0.6 is 0 Å². The number of carboxylic acids is 1. The zero-order chi connectivity index (χ0) is 25.4. The van der Waals surface area contributed by atoms with E-state index in [0.717, 1.165) is 17.7 Å². The maximum absolute atomic E-state index is 12.7. The zero-order valence-corrected chi connectivity index (χ0v) is 18.5. The van der Waals surface area contributed by atoms with Crippen LogP contribution in [-0.4, -0.2) is 56.6 Å². The number of nitrogens with one attached hydrogen (secondary N) is 1. The van der Waals surface area contributed by atoms with Crippen LogP contribution in [-0.2, 0) is 24.3 Å². The minimum Gasteiger partial charge on any atom is -0.475 e. The SMILES string of the molecule is O=C(NCc1cccnc1)c1ccc2n1CCN(C(=O)c1ccccc1)CC2.O=C(O)C(F)(F)F. The van der Waals surface area contributed by atoms with E-state index in [4.69, 9.17) is 9.90 Å². The molecule has 1 aliphatic rings. The Morgan fingerprint density at radius 1 is 0.971 bits per heavy atom. The smallest absolute Gasteiger partial charge is 0.475 e. The van der Waals surface area contributed by atoms with Crippen molar-refractivity contribution in [2.45, 2.75) is 25.7 Å². The lowest BCUT2D eigenvalue weighted by molar-refractivity contribution is -0.192. The van der Waals surface area contributed by atoms with Crippen LogP contribution in [0.15, 0.2) is 67.0 Å². The number of fused-ring (bicyclic) bond motifs is 1. The number of pyridine rings is 1. The van der Waals surface area contributed by atoms with Crippen LogP contribution in [0.4, 0.5) is 13.2 Å². The Kier molecular flexibility index (Phi) is 8.24. The second kappa shape index (κ2) is 11.3. The lowest BCUT2D eigenvalue weighted by Gasteiger charge is -2.20. The number of benzene rings is 1. The van der Waals surface area contributed by atoms with Crippen LogP contribution in [0.25, 0.3) is 0 Å². The fourth-order valence-electron chi connectivity index (χ4n) is 3.51. The van der Waals surface area contributed by atoms with Gasteiger partial charge in [0.2, 0.25) is 0 Å². The fourth-order valence-corrected chi connectivity index (χ4v) is 3.51. The van der Waals surface area contributed by atoms with Crippen LogP contribution < -0.4 is 5.32 Å². The summed E-state index contributed by atoms with van der Waals surface area (Å²) in [6.45, 7) is 2.27. The highest BCUT2D eigenvalue weighted by Crippen LogP contribution is 2.17. The third kappa shape index (κ3) is 6.92. The number of halogens is 3. The predicted molar refractivity (Wildman–Crippen MR) is 120 cm³/mol. The van der Waals surface area contributed by atoms with Gasteiger partial charge in [-0.2, -0.15) is 13.2 Å². The molecule has 0 saturated carbocycles. The maximum Gasteiger partial charge on any atom is 0.490 e. The summed E-state index contributed by atoms with van der Waals surface area (Å²) in [5.74, 6) is -2.83. The summed E-state index contributed by atoms with van der Waals surface area (Å²) < 4.78 is 33.8. The summed E-state index contributed by atoms with van der Waals surface area (Å²) in [4.78, 5) is 40.2. The standard InChI is InChI=1S/C22H22N4O2.C2HF3O2/c27-21(24-16-17-5-4-11-23-15-17)20-9-8-19-10-12-25(13-14-26(19)20)22(28)18-6-2-1-3-7-18;3-2(4,5)1(6)7/h1-9,11,15H,10,12-14,16H2,(H,24,27);(H,6,7). The average Bonchev–Trinajstić information content (AvgIpc) is 3.14. The molecule has 3 aromatic rings. The third-order valence-electron chi connectivity index (χ3n) is 5.26. The van der Waals surface area contributed by atoms with E-state index in [0.29, 0.717) is 37.4 Å². The molecule has 8 nitrogen and oxygen atoms in total. The van der Waals surface area contributed by atoms with Gasteiger partial charge >= 0.3 is 12.1 Å². The van der Waals surface area contributed by atoms with Crippen LogP contribution in [0.2, 0.25) is 0 Å². The maximum atomic E-state index is 12.7. The third-order valence-corrected chi connectivity index (χ3v) is 5.26. The van der Waals surface area contributed by atoms with Crippen molar-refractivity contribution in [3.05, 3.63) is 89.5 Å². The summed E-state index contributed by atoms with van der Waals surface area (Å²) >= 11 is 0. The van der Waals surface area contributed by atoms with Crippen molar-refractivity contribution in [3.63, 3.8) is 0 Å². The van der Waals surface area contributed by atoms with Gasteiger partial charge in [0, 0.05) is 56.3 Å². The van der Waals surface area contributed by atoms with Gasteiger partial charge in [0.15, 0.2) is 0 Å². The van der Waals surface area contributed by atoms with Gasteiger partial charge in [-0.05, 0) is 35.9 Å². The molecule has 0 unspecified atom stereocenters. The minimum absolute atomic E-state index is 0.0360. The number of hydrogen-bond donors (Lipinski definition) is 2. The van der Waals surface area contributed by atoms with Gasteiger partial charge in [0.05, 0.1) is 0 Å². The molecule has 2 amide bonds. The van der Waals surface area contributed by atoms with E-state index in [1.54, 1.807) is 12.4 Å². The Hall–Kier alpha value is -4.15. The van der Waals surface area contributed by atoms with Crippen molar-refractivity contribution in [1.82, 2.24) is 19.8 Å². The van der Waals surface area contributed by atoms with Crippen molar-refractivity contribution in [2.24, 2.45) is 0 Å². The molecule has 184 valence electrons. The summed E-state index contributed by atoms with van der Waals surface area (Å²) in [7, 11) is 0.